The Morgan fingerprint density at radius 1 is 0.842 bits per heavy atom. The third-order valence-electron chi connectivity index (χ3n) is 6.73. The van der Waals surface area contributed by atoms with Gasteiger partial charge in [-0.15, -0.1) is 0 Å². The van der Waals surface area contributed by atoms with Gasteiger partial charge in [-0.1, -0.05) is 42.5 Å². The van der Waals surface area contributed by atoms with E-state index >= 15 is 0 Å². The molecule has 3 heterocycles. The number of likely N-dealkylation sites (N-methyl/N-ethyl adjacent to an activating group) is 1. The molecule has 1 fully saturated rings. The number of nitrogens with one attached hydrogen (secondary N) is 1. The number of fused-ring (bicyclic) bond motifs is 1. The van der Waals surface area contributed by atoms with E-state index in [0.29, 0.717) is 12.6 Å². The van der Waals surface area contributed by atoms with Crippen LogP contribution in [0, 0.1) is 0 Å². The molecule has 0 unspecified atom stereocenters. The Balaban J connectivity index is 1.22. The van der Waals surface area contributed by atoms with E-state index in [1.807, 2.05) is 60.7 Å². The highest BCUT2D eigenvalue weighted by Gasteiger charge is 2.18. The smallest absolute Gasteiger partial charge is 0.227 e. The third kappa shape index (κ3) is 5.26. The van der Waals surface area contributed by atoms with Gasteiger partial charge in [-0.05, 0) is 49.0 Å². The van der Waals surface area contributed by atoms with Crippen LogP contribution in [0.2, 0.25) is 0 Å². The molecule has 0 aliphatic carbocycles. The summed E-state index contributed by atoms with van der Waals surface area (Å²) in [4.78, 5) is 23.0. The molecule has 8 heteroatoms. The van der Waals surface area contributed by atoms with Crippen molar-refractivity contribution in [1.29, 1.82) is 0 Å². The molecule has 2 aromatic heterocycles. The van der Waals surface area contributed by atoms with Gasteiger partial charge in [-0.3, -0.25) is 0 Å². The van der Waals surface area contributed by atoms with E-state index in [9.17, 15) is 0 Å². The van der Waals surface area contributed by atoms with Crippen LogP contribution < -0.4 is 15.0 Å². The molecule has 0 radical (unpaired) electrons. The molecule has 0 saturated carbocycles. The quantitative estimate of drug-likeness (QED) is 0.326. The molecule has 190 valence electrons. The van der Waals surface area contributed by atoms with Crippen LogP contribution in [0.15, 0.2) is 91.4 Å². The number of anilines is 3. The Bertz CT molecular complexity index is 1530. The standard InChI is InChI=1S/C30H29N7O/c1-36-15-17-37(18-16-36)29-25-12-11-23(19-27(25)32-21-33-29)34-30-31-14-13-26(35-30)24-9-5-6-10-28(24)38-20-22-7-3-2-4-8-22/h2-14,19,21H,15-18,20H2,1H3,(H,31,34,35). The van der Waals surface area contributed by atoms with Gasteiger partial charge in [0, 0.05) is 49.0 Å². The number of nitrogens with zero attached hydrogens (tertiary/aromatic N) is 6. The van der Waals surface area contributed by atoms with Crippen molar-refractivity contribution in [2.45, 2.75) is 6.61 Å². The topological polar surface area (TPSA) is 79.3 Å². The Morgan fingerprint density at radius 2 is 1.66 bits per heavy atom. The molecule has 8 nitrogen and oxygen atoms in total. The molecule has 0 atom stereocenters. The minimum absolute atomic E-state index is 0.489. The molecule has 0 bridgehead atoms. The lowest BCUT2D eigenvalue weighted by Crippen LogP contribution is -2.44. The Morgan fingerprint density at radius 3 is 2.53 bits per heavy atom. The Hall–Kier alpha value is -4.56. The molecule has 0 amide bonds. The monoisotopic (exact) mass is 503 g/mol. The van der Waals surface area contributed by atoms with Crippen molar-refractivity contribution in [2.75, 3.05) is 43.4 Å². The largest absolute Gasteiger partial charge is 0.488 e. The highest BCUT2D eigenvalue weighted by atomic mass is 16.5. The third-order valence-corrected chi connectivity index (χ3v) is 6.73. The average Bonchev–Trinajstić information content (AvgIpc) is 2.97. The van der Waals surface area contributed by atoms with Crippen LogP contribution in [-0.2, 0) is 6.61 Å². The molecule has 1 saturated heterocycles. The minimum atomic E-state index is 0.489. The molecule has 1 aliphatic rings. The molecule has 0 spiro atoms. The number of hydrogen-bond donors (Lipinski definition) is 1. The molecule has 1 aliphatic heterocycles. The second-order valence-corrected chi connectivity index (χ2v) is 9.38. The van der Waals surface area contributed by atoms with Gasteiger partial charge in [-0.25, -0.2) is 19.9 Å². The lowest BCUT2D eigenvalue weighted by atomic mass is 10.1. The lowest BCUT2D eigenvalue weighted by molar-refractivity contribution is 0.307. The number of piperazine rings is 1. The zero-order chi connectivity index (χ0) is 25.7. The second-order valence-electron chi connectivity index (χ2n) is 9.38. The fraction of sp³-hybridized carbons (Fsp3) is 0.200. The first-order valence-corrected chi connectivity index (χ1v) is 12.8. The van der Waals surface area contributed by atoms with E-state index in [4.69, 9.17) is 9.72 Å². The zero-order valence-corrected chi connectivity index (χ0v) is 21.3. The van der Waals surface area contributed by atoms with E-state index < -0.39 is 0 Å². The first-order valence-electron chi connectivity index (χ1n) is 12.8. The maximum Gasteiger partial charge on any atom is 0.227 e. The van der Waals surface area contributed by atoms with Crippen molar-refractivity contribution in [2.24, 2.45) is 0 Å². The van der Waals surface area contributed by atoms with Gasteiger partial charge >= 0.3 is 0 Å². The number of ether oxygens (including phenoxy) is 1. The van der Waals surface area contributed by atoms with E-state index in [0.717, 1.165) is 71.2 Å². The summed E-state index contributed by atoms with van der Waals surface area (Å²) < 4.78 is 6.15. The number of benzene rings is 3. The first kappa shape index (κ1) is 23.8. The zero-order valence-electron chi connectivity index (χ0n) is 21.3. The van der Waals surface area contributed by atoms with E-state index in [-0.39, 0.29) is 0 Å². The fourth-order valence-corrected chi connectivity index (χ4v) is 4.63. The molecular formula is C30H29N7O. The molecule has 3 aromatic carbocycles. The van der Waals surface area contributed by atoms with Gasteiger partial charge < -0.3 is 19.9 Å². The van der Waals surface area contributed by atoms with Crippen molar-refractivity contribution in [3.8, 4) is 17.0 Å². The van der Waals surface area contributed by atoms with Crippen LogP contribution in [-0.4, -0.2) is 58.1 Å². The highest BCUT2D eigenvalue weighted by Crippen LogP contribution is 2.31. The van der Waals surface area contributed by atoms with Gasteiger partial charge in [0.25, 0.3) is 0 Å². The summed E-state index contributed by atoms with van der Waals surface area (Å²) in [5.74, 6) is 2.27. The van der Waals surface area contributed by atoms with E-state index in [1.165, 1.54) is 0 Å². The number of aromatic nitrogens is 4. The maximum atomic E-state index is 6.15. The number of para-hydroxylation sites is 1. The van der Waals surface area contributed by atoms with Crippen molar-refractivity contribution in [3.63, 3.8) is 0 Å². The van der Waals surface area contributed by atoms with Crippen LogP contribution in [0.4, 0.5) is 17.5 Å². The van der Waals surface area contributed by atoms with Gasteiger partial charge in [0.15, 0.2) is 0 Å². The second kappa shape index (κ2) is 10.8. The van der Waals surface area contributed by atoms with Crippen LogP contribution >= 0.6 is 0 Å². The van der Waals surface area contributed by atoms with Gasteiger partial charge in [0.1, 0.15) is 24.5 Å². The Kier molecular flexibility index (Phi) is 6.78. The number of rotatable bonds is 7. The SMILES string of the molecule is CN1CCN(c2ncnc3cc(Nc4nccc(-c5ccccc5OCc5ccccc5)n4)ccc23)CC1. The van der Waals surface area contributed by atoms with Crippen molar-refractivity contribution in [1.82, 2.24) is 24.8 Å². The van der Waals surface area contributed by atoms with Crippen LogP contribution in [0.5, 0.6) is 5.75 Å². The minimum Gasteiger partial charge on any atom is -0.488 e. The number of hydrogen-bond acceptors (Lipinski definition) is 8. The normalized spacial score (nSPS) is 14.0. The van der Waals surface area contributed by atoms with Crippen molar-refractivity contribution >= 4 is 28.4 Å². The molecule has 5 aromatic rings. The van der Waals surface area contributed by atoms with Gasteiger partial charge in [-0.2, -0.15) is 0 Å². The summed E-state index contributed by atoms with van der Waals surface area (Å²) in [6.07, 6.45) is 3.40. The van der Waals surface area contributed by atoms with Crippen molar-refractivity contribution in [3.05, 3.63) is 97.0 Å². The summed E-state index contributed by atoms with van der Waals surface area (Å²) in [5.41, 5.74) is 4.56. The average molecular weight is 504 g/mol. The van der Waals surface area contributed by atoms with Crippen LogP contribution in [0.3, 0.4) is 0 Å². The van der Waals surface area contributed by atoms with Gasteiger partial charge in [0.2, 0.25) is 5.95 Å². The summed E-state index contributed by atoms with van der Waals surface area (Å²) >= 11 is 0. The van der Waals surface area contributed by atoms with E-state index in [1.54, 1.807) is 12.5 Å². The summed E-state index contributed by atoms with van der Waals surface area (Å²) in [6, 6.07) is 26.1. The summed E-state index contributed by atoms with van der Waals surface area (Å²) in [6.45, 7) is 4.46. The fourth-order valence-electron chi connectivity index (χ4n) is 4.63. The molecular weight excluding hydrogens is 474 g/mol. The summed E-state index contributed by atoms with van der Waals surface area (Å²) in [5, 5.41) is 4.39. The van der Waals surface area contributed by atoms with Crippen LogP contribution in [0.25, 0.3) is 22.2 Å². The first-order chi connectivity index (χ1) is 18.7. The lowest BCUT2D eigenvalue weighted by Gasteiger charge is -2.33. The van der Waals surface area contributed by atoms with Crippen LogP contribution in [0.1, 0.15) is 5.56 Å². The maximum absolute atomic E-state index is 6.15. The predicted octanol–water partition coefficient (Wildman–Crippen LogP) is 5.16. The Labute approximate surface area is 222 Å². The summed E-state index contributed by atoms with van der Waals surface area (Å²) in [7, 11) is 2.15. The van der Waals surface area contributed by atoms with Crippen molar-refractivity contribution < 1.29 is 4.74 Å². The molecule has 38 heavy (non-hydrogen) atoms. The van der Waals surface area contributed by atoms with E-state index in [2.05, 4.69) is 55.3 Å². The predicted molar refractivity (Wildman–Crippen MR) is 151 cm³/mol. The van der Waals surface area contributed by atoms with Gasteiger partial charge in [0.05, 0.1) is 11.2 Å². The molecule has 1 N–H and O–H groups in total. The molecule has 6 rings (SSSR count). The highest BCUT2D eigenvalue weighted by molar-refractivity contribution is 5.91.